The number of aliphatic hydroxyl groups excluding tert-OH is 1. The molecule has 0 spiro atoms. The number of hydrogen-bond acceptors (Lipinski definition) is 5. The van der Waals surface area contributed by atoms with Gasteiger partial charge < -0.3 is 14.7 Å². The number of amides is 1. The SMILES string of the molecule is Cc1ccc([C@@H]2C(=C(O)c3ccc(Cl)cc3)C(=O)C(=O)N2C[C@@H](c2ccccc2)N2CCOCC2)cc1. The van der Waals surface area contributed by atoms with Crippen molar-refractivity contribution < 1.29 is 19.4 Å². The van der Waals surface area contributed by atoms with Crippen LogP contribution in [0.15, 0.2) is 84.4 Å². The maximum absolute atomic E-state index is 13.6. The van der Waals surface area contributed by atoms with Gasteiger partial charge in [-0.2, -0.15) is 0 Å². The minimum atomic E-state index is -0.719. The monoisotopic (exact) mass is 516 g/mol. The summed E-state index contributed by atoms with van der Waals surface area (Å²) in [5.41, 5.74) is 3.42. The van der Waals surface area contributed by atoms with Gasteiger partial charge in [-0.05, 0) is 42.3 Å². The normalized spacial score (nSPS) is 20.8. The minimum absolute atomic E-state index is 0.0879. The molecule has 5 rings (SSSR count). The summed E-state index contributed by atoms with van der Waals surface area (Å²) in [5.74, 6) is -1.51. The lowest BCUT2D eigenvalue weighted by atomic mass is 9.94. The second-order valence-corrected chi connectivity index (χ2v) is 9.88. The number of aryl methyl sites for hydroxylation is 1. The summed E-state index contributed by atoms with van der Waals surface area (Å²) in [7, 11) is 0. The van der Waals surface area contributed by atoms with E-state index < -0.39 is 17.7 Å². The number of nitrogens with zero attached hydrogens (tertiary/aromatic N) is 2. The van der Waals surface area contributed by atoms with E-state index in [4.69, 9.17) is 16.3 Å². The van der Waals surface area contributed by atoms with Crippen LogP contribution in [0.5, 0.6) is 0 Å². The summed E-state index contributed by atoms with van der Waals surface area (Å²) < 4.78 is 5.58. The van der Waals surface area contributed by atoms with Crippen molar-refractivity contribution in [2.45, 2.75) is 19.0 Å². The van der Waals surface area contributed by atoms with Crippen molar-refractivity contribution in [3.05, 3.63) is 112 Å². The molecule has 37 heavy (non-hydrogen) atoms. The van der Waals surface area contributed by atoms with Gasteiger partial charge in [-0.25, -0.2) is 0 Å². The highest BCUT2D eigenvalue weighted by molar-refractivity contribution is 6.46. The van der Waals surface area contributed by atoms with Gasteiger partial charge in [0.25, 0.3) is 11.7 Å². The molecule has 2 heterocycles. The Bertz CT molecular complexity index is 1300. The summed E-state index contributed by atoms with van der Waals surface area (Å²) in [6.07, 6.45) is 0. The van der Waals surface area contributed by atoms with Crippen molar-refractivity contribution in [2.24, 2.45) is 0 Å². The van der Waals surface area contributed by atoms with Gasteiger partial charge in [-0.15, -0.1) is 0 Å². The van der Waals surface area contributed by atoms with Crippen LogP contribution in [-0.2, 0) is 14.3 Å². The molecule has 1 N–H and O–H groups in total. The van der Waals surface area contributed by atoms with Crippen molar-refractivity contribution in [3.8, 4) is 0 Å². The minimum Gasteiger partial charge on any atom is -0.507 e. The van der Waals surface area contributed by atoms with E-state index in [1.165, 1.54) is 0 Å². The van der Waals surface area contributed by atoms with E-state index >= 15 is 0 Å². The van der Waals surface area contributed by atoms with E-state index in [-0.39, 0.29) is 17.4 Å². The van der Waals surface area contributed by atoms with Gasteiger partial charge in [-0.1, -0.05) is 71.8 Å². The van der Waals surface area contributed by atoms with E-state index in [0.717, 1.165) is 29.8 Å². The average Bonchev–Trinajstić information content (AvgIpc) is 3.18. The zero-order valence-electron chi connectivity index (χ0n) is 20.6. The van der Waals surface area contributed by atoms with Crippen molar-refractivity contribution in [1.29, 1.82) is 0 Å². The zero-order chi connectivity index (χ0) is 25.9. The number of ketones is 1. The quantitative estimate of drug-likeness (QED) is 0.279. The molecule has 3 aromatic carbocycles. The summed E-state index contributed by atoms with van der Waals surface area (Å²) in [6.45, 7) is 4.95. The van der Waals surface area contributed by atoms with E-state index in [9.17, 15) is 14.7 Å². The van der Waals surface area contributed by atoms with E-state index in [0.29, 0.717) is 30.3 Å². The molecule has 2 aliphatic rings. The van der Waals surface area contributed by atoms with Gasteiger partial charge in [0, 0.05) is 30.2 Å². The molecule has 6 nitrogen and oxygen atoms in total. The molecule has 0 saturated carbocycles. The summed E-state index contributed by atoms with van der Waals surface area (Å²) >= 11 is 6.04. The summed E-state index contributed by atoms with van der Waals surface area (Å²) in [6, 6.07) is 23.5. The number of carbonyl (C=O) groups is 2. The molecular weight excluding hydrogens is 488 g/mol. The Kier molecular flexibility index (Phi) is 7.42. The molecule has 3 aromatic rings. The molecule has 2 atom stereocenters. The number of hydrogen-bond donors (Lipinski definition) is 1. The molecule has 0 aromatic heterocycles. The molecule has 0 aliphatic carbocycles. The molecular formula is C30H29ClN2O4. The Labute approximate surface area is 221 Å². The van der Waals surface area contributed by atoms with Crippen molar-refractivity contribution >= 4 is 29.1 Å². The number of aliphatic hydroxyl groups is 1. The summed E-state index contributed by atoms with van der Waals surface area (Å²) in [4.78, 5) is 31.0. The second kappa shape index (κ2) is 10.9. The molecule has 1 amide bonds. The van der Waals surface area contributed by atoms with Crippen LogP contribution in [0.4, 0.5) is 0 Å². The van der Waals surface area contributed by atoms with Crippen LogP contribution in [0.25, 0.3) is 5.76 Å². The predicted octanol–water partition coefficient (Wildman–Crippen LogP) is 5.14. The smallest absolute Gasteiger partial charge is 0.295 e. The number of likely N-dealkylation sites (tertiary alicyclic amines) is 1. The number of rotatable bonds is 6. The van der Waals surface area contributed by atoms with Crippen LogP contribution in [0, 0.1) is 6.92 Å². The highest BCUT2D eigenvalue weighted by Crippen LogP contribution is 2.41. The molecule has 0 bridgehead atoms. The Balaban J connectivity index is 1.60. The van der Waals surface area contributed by atoms with E-state index in [1.54, 1.807) is 29.2 Å². The van der Waals surface area contributed by atoms with Crippen LogP contribution >= 0.6 is 11.6 Å². The third-order valence-corrected chi connectivity index (χ3v) is 7.34. The standard InChI is InChI=1S/C30H29ClN2O4/c1-20-7-9-22(10-8-20)27-26(28(34)23-11-13-24(31)14-12-23)29(35)30(36)33(27)19-25(21-5-3-2-4-6-21)32-15-17-37-18-16-32/h2-14,25,27,34H,15-19H2,1H3/t25-,27+/m0/s1. The number of halogens is 1. The first-order valence-electron chi connectivity index (χ1n) is 12.4. The Hall–Kier alpha value is -3.45. The lowest BCUT2D eigenvalue weighted by Crippen LogP contribution is -2.45. The van der Waals surface area contributed by atoms with E-state index in [1.807, 2.05) is 61.5 Å². The van der Waals surface area contributed by atoms with Crippen molar-refractivity contribution in [1.82, 2.24) is 9.80 Å². The number of carbonyl (C=O) groups excluding carboxylic acids is 2. The fourth-order valence-electron chi connectivity index (χ4n) is 5.11. The number of morpholine rings is 1. The van der Waals surface area contributed by atoms with Gasteiger partial charge in [-0.3, -0.25) is 14.5 Å². The number of ether oxygens (including phenoxy) is 1. The average molecular weight is 517 g/mol. The first kappa shape index (κ1) is 25.2. The van der Waals surface area contributed by atoms with Crippen LogP contribution in [-0.4, -0.2) is 59.4 Å². The van der Waals surface area contributed by atoms with Crippen LogP contribution in [0.1, 0.15) is 34.3 Å². The lowest BCUT2D eigenvalue weighted by molar-refractivity contribution is -0.140. The Morgan fingerprint density at radius 2 is 1.62 bits per heavy atom. The molecule has 0 unspecified atom stereocenters. The highest BCUT2D eigenvalue weighted by Gasteiger charge is 2.47. The molecule has 7 heteroatoms. The summed E-state index contributed by atoms with van der Waals surface area (Å²) in [5, 5.41) is 11.8. The number of benzene rings is 3. The van der Waals surface area contributed by atoms with Gasteiger partial charge in [0.15, 0.2) is 0 Å². The third kappa shape index (κ3) is 5.18. The topological polar surface area (TPSA) is 70.1 Å². The number of Topliss-reactive ketones (excluding diaryl/α,β-unsaturated/α-hetero) is 1. The first-order chi connectivity index (χ1) is 17.9. The third-order valence-electron chi connectivity index (χ3n) is 7.09. The van der Waals surface area contributed by atoms with Crippen LogP contribution in [0.2, 0.25) is 5.02 Å². The molecule has 190 valence electrons. The fraction of sp³-hybridized carbons (Fsp3) is 0.267. The maximum Gasteiger partial charge on any atom is 0.295 e. The predicted molar refractivity (Wildman–Crippen MR) is 143 cm³/mol. The van der Waals surface area contributed by atoms with E-state index in [2.05, 4.69) is 4.90 Å². The Morgan fingerprint density at radius 3 is 2.27 bits per heavy atom. The zero-order valence-corrected chi connectivity index (χ0v) is 21.4. The lowest BCUT2D eigenvalue weighted by Gasteiger charge is -2.38. The van der Waals surface area contributed by atoms with Gasteiger partial charge in [0.1, 0.15) is 5.76 Å². The molecule has 0 radical (unpaired) electrons. The van der Waals surface area contributed by atoms with Crippen molar-refractivity contribution in [3.63, 3.8) is 0 Å². The fourth-order valence-corrected chi connectivity index (χ4v) is 5.24. The van der Waals surface area contributed by atoms with Crippen LogP contribution in [0.3, 0.4) is 0 Å². The Morgan fingerprint density at radius 1 is 0.973 bits per heavy atom. The maximum atomic E-state index is 13.6. The van der Waals surface area contributed by atoms with Gasteiger partial charge in [0.2, 0.25) is 0 Å². The largest absolute Gasteiger partial charge is 0.507 e. The molecule has 2 fully saturated rings. The van der Waals surface area contributed by atoms with Gasteiger partial charge in [0.05, 0.1) is 30.9 Å². The highest BCUT2D eigenvalue weighted by atomic mass is 35.5. The molecule has 2 aliphatic heterocycles. The molecule has 2 saturated heterocycles. The van der Waals surface area contributed by atoms with Gasteiger partial charge >= 0.3 is 0 Å². The van der Waals surface area contributed by atoms with Crippen LogP contribution < -0.4 is 0 Å². The first-order valence-corrected chi connectivity index (χ1v) is 12.8. The second-order valence-electron chi connectivity index (χ2n) is 9.44. The van der Waals surface area contributed by atoms with Crippen molar-refractivity contribution in [2.75, 3.05) is 32.8 Å².